The Labute approximate surface area is 124 Å². The number of nitrogens with one attached hydrogen (secondary N) is 1. The van der Waals surface area contributed by atoms with Crippen LogP contribution >= 0.6 is 0 Å². The summed E-state index contributed by atoms with van der Waals surface area (Å²) in [4.78, 5) is 11.9. The molecule has 2 aromatic rings. The number of hydrogen-bond donors (Lipinski definition) is 2. The Balaban J connectivity index is 1.86. The number of benzene rings is 2. The van der Waals surface area contributed by atoms with Crippen LogP contribution in [0.3, 0.4) is 0 Å². The van der Waals surface area contributed by atoms with Crippen LogP contribution in [0.15, 0.2) is 48.5 Å². The Hall–Kier alpha value is -2.33. The zero-order valence-electron chi connectivity index (χ0n) is 12.1. The minimum atomic E-state index is -0.00156. The molecule has 110 valence electrons. The van der Waals surface area contributed by atoms with Crippen molar-refractivity contribution in [3.05, 3.63) is 65.2 Å². The summed E-state index contributed by atoms with van der Waals surface area (Å²) in [5, 5.41) is 2.92. The first-order valence-corrected chi connectivity index (χ1v) is 6.89. The summed E-state index contributed by atoms with van der Waals surface area (Å²) in [6.07, 6.45) is 0.362. The molecule has 2 rings (SSSR count). The van der Waals surface area contributed by atoms with Gasteiger partial charge in [-0.3, -0.25) is 4.79 Å². The number of ether oxygens (including phenoxy) is 1. The minimum Gasteiger partial charge on any atom is -0.497 e. The summed E-state index contributed by atoms with van der Waals surface area (Å²) in [5.41, 5.74) is 8.69. The van der Waals surface area contributed by atoms with Gasteiger partial charge in [-0.2, -0.15) is 0 Å². The maximum Gasteiger partial charge on any atom is 0.224 e. The fourth-order valence-electron chi connectivity index (χ4n) is 2.06. The van der Waals surface area contributed by atoms with Crippen LogP contribution in [0.4, 0.5) is 0 Å². The van der Waals surface area contributed by atoms with Gasteiger partial charge < -0.3 is 15.8 Å². The second-order valence-electron chi connectivity index (χ2n) is 4.83. The highest BCUT2D eigenvalue weighted by atomic mass is 16.5. The molecule has 3 N–H and O–H groups in total. The standard InChI is InChI=1S/C17H20N2O2/c1-21-16-7-5-13(6-8-16)10-17(20)19-12-15-4-2-3-14(9-15)11-18/h2-9H,10-12,18H2,1H3,(H,19,20). The van der Waals surface area contributed by atoms with Gasteiger partial charge in [-0.15, -0.1) is 0 Å². The zero-order valence-corrected chi connectivity index (χ0v) is 12.1. The second kappa shape index (κ2) is 7.45. The van der Waals surface area contributed by atoms with Crippen LogP contribution in [0.2, 0.25) is 0 Å². The summed E-state index contributed by atoms with van der Waals surface area (Å²) in [6, 6.07) is 15.4. The molecule has 1 amide bonds. The molecule has 0 heterocycles. The largest absolute Gasteiger partial charge is 0.497 e. The van der Waals surface area contributed by atoms with Crippen molar-refractivity contribution in [3.63, 3.8) is 0 Å². The predicted molar refractivity (Wildman–Crippen MR) is 82.9 cm³/mol. The Kier molecular flexibility index (Phi) is 5.35. The lowest BCUT2D eigenvalue weighted by Gasteiger charge is -2.07. The molecule has 2 aromatic carbocycles. The van der Waals surface area contributed by atoms with E-state index in [0.717, 1.165) is 22.4 Å². The van der Waals surface area contributed by atoms with Crippen molar-refractivity contribution in [1.82, 2.24) is 5.32 Å². The van der Waals surface area contributed by atoms with Gasteiger partial charge in [-0.1, -0.05) is 36.4 Å². The van der Waals surface area contributed by atoms with Crippen molar-refractivity contribution in [2.45, 2.75) is 19.5 Å². The molecule has 0 aliphatic rings. The van der Waals surface area contributed by atoms with Gasteiger partial charge in [-0.05, 0) is 28.8 Å². The quantitative estimate of drug-likeness (QED) is 0.853. The maximum atomic E-state index is 11.9. The topological polar surface area (TPSA) is 64.3 Å². The SMILES string of the molecule is COc1ccc(CC(=O)NCc2cccc(CN)c2)cc1. The first-order valence-electron chi connectivity index (χ1n) is 6.89. The lowest BCUT2D eigenvalue weighted by Crippen LogP contribution is -2.24. The number of hydrogen-bond acceptors (Lipinski definition) is 3. The van der Waals surface area contributed by atoms with E-state index in [4.69, 9.17) is 10.5 Å². The molecule has 0 atom stereocenters. The summed E-state index contributed by atoms with van der Waals surface area (Å²) < 4.78 is 5.09. The molecule has 0 saturated carbocycles. The van der Waals surface area contributed by atoms with Crippen LogP contribution in [0.1, 0.15) is 16.7 Å². The number of carbonyl (C=O) groups is 1. The molecular formula is C17H20N2O2. The molecule has 0 bridgehead atoms. The van der Waals surface area contributed by atoms with E-state index < -0.39 is 0 Å². The maximum absolute atomic E-state index is 11.9. The highest BCUT2D eigenvalue weighted by Crippen LogP contribution is 2.11. The molecule has 4 heteroatoms. The van der Waals surface area contributed by atoms with Gasteiger partial charge >= 0.3 is 0 Å². The molecule has 4 nitrogen and oxygen atoms in total. The Bertz CT molecular complexity index is 594. The van der Waals surface area contributed by atoms with Crippen molar-refractivity contribution in [1.29, 1.82) is 0 Å². The Morgan fingerprint density at radius 1 is 1.10 bits per heavy atom. The van der Waals surface area contributed by atoms with Gasteiger partial charge in [0.25, 0.3) is 0 Å². The lowest BCUT2D eigenvalue weighted by molar-refractivity contribution is -0.120. The van der Waals surface area contributed by atoms with Gasteiger partial charge in [0, 0.05) is 13.1 Å². The molecule has 0 aromatic heterocycles. The molecule has 0 fully saturated rings. The van der Waals surface area contributed by atoms with E-state index in [9.17, 15) is 4.79 Å². The van der Waals surface area contributed by atoms with E-state index in [-0.39, 0.29) is 5.91 Å². The van der Waals surface area contributed by atoms with E-state index in [2.05, 4.69) is 5.32 Å². The van der Waals surface area contributed by atoms with Crippen LogP contribution < -0.4 is 15.8 Å². The smallest absolute Gasteiger partial charge is 0.224 e. The van der Waals surface area contributed by atoms with E-state index in [1.54, 1.807) is 7.11 Å². The summed E-state index contributed by atoms with van der Waals surface area (Å²) in [7, 11) is 1.62. The molecule has 0 aliphatic carbocycles. The van der Waals surface area contributed by atoms with Gasteiger partial charge in [0.1, 0.15) is 5.75 Å². The fourth-order valence-corrected chi connectivity index (χ4v) is 2.06. The number of methoxy groups -OCH3 is 1. The lowest BCUT2D eigenvalue weighted by atomic mass is 10.1. The summed E-state index contributed by atoms with van der Waals surface area (Å²) in [6.45, 7) is 1.02. The predicted octanol–water partition coefficient (Wildman–Crippen LogP) is 2.01. The van der Waals surface area contributed by atoms with Crippen LogP contribution in [-0.2, 0) is 24.3 Å². The van der Waals surface area contributed by atoms with Crippen molar-refractivity contribution < 1.29 is 9.53 Å². The molecule has 0 saturated heterocycles. The Morgan fingerprint density at radius 2 is 1.81 bits per heavy atom. The van der Waals surface area contributed by atoms with Gasteiger partial charge in [0.15, 0.2) is 0 Å². The van der Waals surface area contributed by atoms with E-state index >= 15 is 0 Å². The fraction of sp³-hybridized carbons (Fsp3) is 0.235. The van der Waals surface area contributed by atoms with E-state index in [1.165, 1.54) is 0 Å². The third-order valence-corrected chi connectivity index (χ3v) is 3.24. The molecular weight excluding hydrogens is 264 g/mol. The average Bonchev–Trinajstić information content (AvgIpc) is 2.54. The molecule has 0 aliphatic heterocycles. The minimum absolute atomic E-state index is 0.00156. The van der Waals surface area contributed by atoms with Crippen LogP contribution in [0.5, 0.6) is 5.75 Å². The molecule has 0 radical (unpaired) electrons. The average molecular weight is 284 g/mol. The number of carbonyl (C=O) groups excluding carboxylic acids is 1. The molecule has 0 spiro atoms. The zero-order chi connectivity index (χ0) is 15.1. The van der Waals surface area contributed by atoms with Crippen LogP contribution in [-0.4, -0.2) is 13.0 Å². The number of nitrogens with two attached hydrogens (primary N) is 1. The highest BCUT2D eigenvalue weighted by molar-refractivity contribution is 5.78. The first-order chi connectivity index (χ1) is 10.2. The third-order valence-electron chi connectivity index (χ3n) is 3.24. The highest BCUT2D eigenvalue weighted by Gasteiger charge is 2.04. The third kappa shape index (κ3) is 4.61. The monoisotopic (exact) mass is 284 g/mol. The van der Waals surface area contributed by atoms with Crippen molar-refractivity contribution in [2.24, 2.45) is 5.73 Å². The molecule has 21 heavy (non-hydrogen) atoms. The van der Waals surface area contributed by atoms with E-state index in [0.29, 0.717) is 19.5 Å². The first kappa shape index (κ1) is 15.1. The molecule has 0 unspecified atom stereocenters. The van der Waals surface area contributed by atoms with Crippen molar-refractivity contribution in [3.8, 4) is 5.75 Å². The van der Waals surface area contributed by atoms with Crippen molar-refractivity contribution in [2.75, 3.05) is 7.11 Å². The van der Waals surface area contributed by atoms with Gasteiger partial charge in [0.2, 0.25) is 5.91 Å². The second-order valence-corrected chi connectivity index (χ2v) is 4.83. The number of amides is 1. The normalized spacial score (nSPS) is 10.2. The number of rotatable bonds is 6. The van der Waals surface area contributed by atoms with Gasteiger partial charge in [-0.25, -0.2) is 0 Å². The van der Waals surface area contributed by atoms with Crippen LogP contribution in [0.25, 0.3) is 0 Å². The van der Waals surface area contributed by atoms with Gasteiger partial charge in [0.05, 0.1) is 13.5 Å². The Morgan fingerprint density at radius 3 is 2.48 bits per heavy atom. The van der Waals surface area contributed by atoms with Crippen LogP contribution in [0, 0.1) is 0 Å². The summed E-state index contributed by atoms with van der Waals surface area (Å²) in [5.74, 6) is 0.788. The van der Waals surface area contributed by atoms with E-state index in [1.807, 2.05) is 48.5 Å². The summed E-state index contributed by atoms with van der Waals surface area (Å²) >= 11 is 0. The van der Waals surface area contributed by atoms with Crippen molar-refractivity contribution >= 4 is 5.91 Å².